The number of rotatable bonds is 11. The Kier molecular flexibility index (Phi) is 9.45. The number of carbonyl (C=O) groups excluding carboxylic acids is 1. The summed E-state index contributed by atoms with van der Waals surface area (Å²) in [6, 6.07) is 8.71. The van der Waals surface area contributed by atoms with Crippen LogP contribution >= 0.6 is 12.2 Å². The van der Waals surface area contributed by atoms with Gasteiger partial charge in [-0.15, -0.1) is 0 Å². The fourth-order valence-corrected chi connectivity index (χ4v) is 3.88. The van der Waals surface area contributed by atoms with E-state index in [-0.39, 0.29) is 29.0 Å². The molecule has 1 unspecified atom stereocenters. The number of benzene rings is 1. The second-order valence-corrected chi connectivity index (χ2v) is 9.55. The maximum Gasteiger partial charge on any atom is 0.226 e. The third kappa shape index (κ3) is 8.08. The van der Waals surface area contributed by atoms with Crippen molar-refractivity contribution in [3.63, 3.8) is 0 Å². The fourth-order valence-electron chi connectivity index (χ4n) is 3.72. The number of nitrogens with one attached hydrogen (secondary N) is 3. The van der Waals surface area contributed by atoms with Gasteiger partial charge in [0.2, 0.25) is 5.91 Å². The van der Waals surface area contributed by atoms with E-state index in [0.29, 0.717) is 40.7 Å². The minimum Gasteiger partial charge on any atom is -0.508 e. The van der Waals surface area contributed by atoms with Crippen molar-refractivity contribution < 1.29 is 14.3 Å². The Morgan fingerprint density at radius 1 is 1.22 bits per heavy atom. The molecule has 11 heteroatoms. The normalized spacial score (nSPS) is 12.1. The van der Waals surface area contributed by atoms with Crippen molar-refractivity contribution in [3.8, 4) is 17.0 Å². The van der Waals surface area contributed by atoms with Gasteiger partial charge < -0.3 is 26.4 Å². The summed E-state index contributed by atoms with van der Waals surface area (Å²) < 4.78 is 14.6. The van der Waals surface area contributed by atoms with E-state index in [9.17, 15) is 14.3 Å². The zero-order chi connectivity index (χ0) is 26.2. The number of anilines is 3. The molecule has 0 saturated carbocycles. The summed E-state index contributed by atoms with van der Waals surface area (Å²) in [4.78, 5) is 19.0. The van der Waals surface area contributed by atoms with Crippen LogP contribution < -0.4 is 16.4 Å². The minimum atomic E-state index is -0.529. The maximum absolute atomic E-state index is 14.3. The molecule has 0 spiro atoms. The lowest BCUT2D eigenvalue weighted by Gasteiger charge is -2.25. The highest BCUT2D eigenvalue weighted by atomic mass is 32.1. The molecule has 2 aromatic heterocycles. The molecule has 0 aliphatic carbocycles. The standard InChI is InChI=1S/C25H32FN7O2S/c1-15(2)13-33(14-16(3)27)9-7-24(35)30-23-10-17(6-8-28-23)29-22-12-21(31-32-25(22)36)19-11-18(34)4-5-20(19)26/h4-6,8,10-12,15-16,34H,7,9,13-14,27H2,1-3H3,(H,32,36)(H2,28,29,30,31,35). The molecule has 9 nitrogen and oxygen atoms in total. The van der Waals surface area contributed by atoms with Crippen LogP contribution in [0.1, 0.15) is 27.2 Å². The number of nitrogens with two attached hydrogens (primary N) is 1. The molecule has 36 heavy (non-hydrogen) atoms. The maximum atomic E-state index is 14.3. The first-order valence-corrected chi connectivity index (χ1v) is 12.1. The third-order valence-corrected chi connectivity index (χ3v) is 5.47. The zero-order valence-electron chi connectivity index (χ0n) is 20.6. The summed E-state index contributed by atoms with van der Waals surface area (Å²) in [5, 5.41) is 22.5. The van der Waals surface area contributed by atoms with Crippen molar-refractivity contribution in [2.24, 2.45) is 11.7 Å². The van der Waals surface area contributed by atoms with E-state index < -0.39 is 5.82 Å². The molecule has 192 valence electrons. The van der Waals surface area contributed by atoms with Gasteiger partial charge in [-0.05, 0) is 43.2 Å². The van der Waals surface area contributed by atoms with Gasteiger partial charge in [-0.2, -0.15) is 5.10 Å². The Bertz CT molecular complexity index is 1240. The predicted molar refractivity (Wildman–Crippen MR) is 142 cm³/mol. The van der Waals surface area contributed by atoms with E-state index >= 15 is 0 Å². The topological polar surface area (TPSA) is 132 Å². The van der Waals surface area contributed by atoms with E-state index in [1.165, 1.54) is 12.1 Å². The zero-order valence-corrected chi connectivity index (χ0v) is 21.4. The monoisotopic (exact) mass is 513 g/mol. The lowest BCUT2D eigenvalue weighted by molar-refractivity contribution is -0.116. The van der Waals surface area contributed by atoms with Crippen LogP contribution in [0.5, 0.6) is 5.75 Å². The van der Waals surface area contributed by atoms with Gasteiger partial charge in [0, 0.05) is 55.6 Å². The molecule has 0 bridgehead atoms. The molecular weight excluding hydrogens is 481 g/mol. The first-order valence-electron chi connectivity index (χ1n) is 11.7. The molecule has 0 radical (unpaired) electrons. The minimum absolute atomic E-state index is 0.0283. The number of pyridine rings is 1. The number of hydrogen-bond acceptors (Lipinski definition) is 8. The quantitative estimate of drug-likeness (QED) is 0.238. The molecule has 3 rings (SSSR count). The summed E-state index contributed by atoms with van der Waals surface area (Å²) in [6.07, 6.45) is 1.87. The van der Waals surface area contributed by atoms with Crippen LogP contribution in [0, 0.1) is 16.4 Å². The second-order valence-electron chi connectivity index (χ2n) is 9.14. The molecule has 3 aromatic rings. The summed E-state index contributed by atoms with van der Waals surface area (Å²) >= 11 is 5.32. The SMILES string of the molecule is CC(C)CN(CCC(=O)Nc1cc(Nc2cc(-c3cc(O)ccc3F)n[nH]c2=S)ccn1)CC(C)N. The Hall–Kier alpha value is -3.41. The summed E-state index contributed by atoms with van der Waals surface area (Å²) in [5.41, 5.74) is 7.43. The number of nitrogens with zero attached hydrogens (tertiary/aromatic N) is 3. The Labute approximate surface area is 215 Å². The molecule has 2 heterocycles. The van der Waals surface area contributed by atoms with E-state index in [1.54, 1.807) is 24.4 Å². The summed E-state index contributed by atoms with van der Waals surface area (Å²) in [7, 11) is 0. The summed E-state index contributed by atoms with van der Waals surface area (Å²) in [5.74, 6) is 0.0976. The van der Waals surface area contributed by atoms with Gasteiger partial charge in [0.15, 0.2) is 0 Å². The van der Waals surface area contributed by atoms with Gasteiger partial charge >= 0.3 is 0 Å². The van der Waals surface area contributed by atoms with Gasteiger partial charge in [-0.1, -0.05) is 26.1 Å². The number of phenols is 1. The Morgan fingerprint density at radius 2 is 2.00 bits per heavy atom. The van der Waals surface area contributed by atoms with Gasteiger partial charge in [-0.25, -0.2) is 9.37 Å². The van der Waals surface area contributed by atoms with Crippen molar-refractivity contribution in [2.45, 2.75) is 33.2 Å². The molecule has 1 amide bonds. The van der Waals surface area contributed by atoms with Crippen LogP contribution in [0.4, 0.5) is 21.6 Å². The predicted octanol–water partition coefficient (Wildman–Crippen LogP) is 4.42. The highest BCUT2D eigenvalue weighted by Crippen LogP contribution is 2.28. The fraction of sp³-hybridized carbons (Fsp3) is 0.360. The average molecular weight is 514 g/mol. The van der Waals surface area contributed by atoms with Crippen LogP contribution in [-0.2, 0) is 4.79 Å². The first-order chi connectivity index (χ1) is 17.1. The number of amides is 1. The van der Waals surface area contributed by atoms with E-state index in [1.807, 2.05) is 6.92 Å². The number of carbonyl (C=O) groups is 1. The molecule has 6 N–H and O–H groups in total. The van der Waals surface area contributed by atoms with Crippen LogP contribution in [-0.4, -0.2) is 56.8 Å². The molecule has 0 aliphatic rings. The molecule has 1 aromatic carbocycles. The highest BCUT2D eigenvalue weighted by molar-refractivity contribution is 7.71. The largest absolute Gasteiger partial charge is 0.508 e. The van der Waals surface area contributed by atoms with E-state index in [2.05, 4.69) is 44.6 Å². The van der Waals surface area contributed by atoms with Crippen molar-refractivity contribution >= 4 is 35.3 Å². The lowest BCUT2D eigenvalue weighted by Crippen LogP contribution is -2.39. The van der Waals surface area contributed by atoms with Gasteiger partial charge in [0.25, 0.3) is 0 Å². The number of phenolic OH excluding ortho intramolecular Hbond substituents is 1. The third-order valence-electron chi connectivity index (χ3n) is 5.16. The highest BCUT2D eigenvalue weighted by Gasteiger charge is 2.13. The number of aromatic amines is 1. The van der Waals surface area contributed by atoms with Gasteiger partial charge in [0.1, 0.15) is 22.0 Å². The summed E-state index contributed by atoms with van der Waals surface area (Å²) in [6.45, 7) is 8.42. The van der Waals surface area contributed by atoms with Gasteiger partial charge in [-0.3, -0.25) is 9.89 Å². The number of aromatic nitrogens is 3. The van der Waals surface area contributed by atoms with Crippen molar-refractivity contribution in [3.05, 3.63) is 53.1 Å². The number of hydrogen-bond donors (Lipinski definition) is 5. The van der Waals surface area contributed by atoms with Crippen molar-refractivity contribution in [1.29, 1.82) is 0 Å². The number of aromatic hydroxyl groups is 1. The molecule has 1 atom stereocenters. The van der Waals surface area contributed by atoms with Crippen LogP contribution in [0.3, 0.4) is 0 Å². The Morgan fingerprint density at radius 3 is 2.72 bits per heavy atom. The average Bonchev–Trinajstić information content (AvgIpc) is 2.80. The molecule has 0 saturated heterocycles. The first kappa shape index (κ1) is 27.2. The number of H-pyrrole nitrogens is 1. The van der Waals surface area contributed by atoms with Crippen molar-refractivity contribution in [2.75, 3.05) is 30.3 Å². The van der Waals surface area contributed by atoms with Gasteiger partial charge in [0.05, 0.1) is 11.4 Å². The van der Waals surface area contributed by atoms with Crippen LogP contribution in [0.2, 0.25) is 0 Å². The van der Waals surface area contributed by atoms with E-state index in [0.717, 1.165) is 19.2 Å². The molecular formula is C25H32FN7O2S. The Balaban J connectivity index is 1.68. The smallest absolute Gasteiger partial charge is 0.226 e. The number of halogens is 1. The molecule has 0 fully saturated rings. The van der Waals surface area contributed by atoms with E-state index in [4.69, 9.17) is 18.0 Å². The van der Waals surface area contributed by atoms with Crippen LogP contribution in [0.15, 0.2) is 42.6 Å². The van der Waals surface area contributed by atoms with Crippen LogP contribution in [0.25, 0.3) is 11.3 Å². The van der Waals surface area contributed by atoms with Crippen molar-refractivity contribution in [1.82, 2.24) is 20.1 Å². The second kappa shape index (κ2) is 12.5. The molecule has 0 aliphatic heterocycles. The lowest BCUT2D eigenvalue weighted by atomic mass is 10.1.